The number of carbonyl (C=O) groups excluding carboxylic acids is 3. The molecular formula is C26H37N3O5. The van der Waals surface area contributed by atoms with Crippen molar-refractivity contribution in [3.8, 4) is 0 Å². The molecule has 3 fully saturated rings. The van der Waals surface area contributed by atoms with Crippen molar-refractivity contribution in [2.75, 3.05) is 18.5 Å². The number of fused-ring (bicyclic) bond motifs is 1. The summed E-state index contributed by atoms with van der Waals surface area (Å²) in [5.74, 6) is -1.96. The van der Waals surface area contributed by atoms with Crippen LogP contribution in [0, 0.1) is 11.8 Å². The Balaban J connectivity index is 1.62. The van der Waals surface area contributed by atoms with E-state index in [1.54, 1.807) is 4.90 Å². The van der Waals surface area contributed by atoms with E-state index in [1.807, 2.05) is 51.1 Å². The average Bonchev–Trinajstić information content (AvgIpc) is 3.34. The molecule has 3 amide bonds. The quantitative estimate of drug-likeness (QED) is 0.455. The molecule has 3 saturated heterocycles. The first-order valence-electron chi connectivity index (χ1n) is 12.5. The molecule has 2 unspecified atom stereocenters. The van der Waals surface area contributed by atoms with Gasteiger partial charge in [0.15, 0.2) is 0 Å². The minimum Gasteiger partial charge on any atom is -0.396 e. The molecule has 5 atom stereocenters. The lowest BCUT2D eigenvalue weighted by molar-refractivity contribution is -0.145. The third kappa shape index (κ3) is 4.22. The fourth-order valence-electron chi connectivity index (χ4n) is 6.22. The highest BCUT2D eigenvalue weighted by molar-refractivity contribution is 6.02. The summed E-state index contributed by atoms with van der Waals surface area (Å²) in [7, 11) is 0. The summed E-state index contributed by atoms with van der Waals surface area (Å²) in [4.78, 5) is 42.4. The van der Waals surface area contributed by atoms with Crippen molar-refractivity contribution in [2.45, 2.75) is 82.6 Å². The predicted molar refractivity (Wildman–Crippen MR) is 128 cm³/mol. The number of ether oxygens (including phenoxy) is 1. The summed E-state index contributed by atoms with van der Waals surface area (Å²) in [6, 6.07) is 8.39. The molecule has 2 bridgehead atoms. The van der Waals surface area contributed by atoms with Gasteiger partial charge in [-0.2, -0.15) is 0 Å². The summed E-state index contributed by atoms with van der Waals surface area (Å²) in [6.45, 7) is 6.28. The van der Waals surface area contributed by atoms with Crippen molar-refractivity contribution >= 4 is 23.4 Å². The Morgan fingerprint density at radius 3 is 2.50 bits per heavy atom. The molecule has 1 aromatic rings. The molecule has 4 rings (SSSR count). The molecule has 1 aromatic carbocycles. The first kappa shape index (κ1) is 24.7. The van der Waals surface area contributed by atoms with Gasteiger partial charge in [-0.25, -0.2) is 0 Å². The number of aliphatic hydroxyl groups is 1. The lowest BCUT2D eigenvalue weighted by atomic mass is 9.66. The van der Waals surface area contributed by atoms with Gasteiger partial charge in [0.2, 0.25) is 17.7 Å². The third-order valence-corrected chi connectivity index (χ3v) is 7.59. The molecule has 3 N–H and O–H groups in total. The maximum Gasteiger partial charge on any atom is 0.246 e. The summed E-state index contributed by atoms with van der Waals surface area (Å²) < 4.78 is 6.59. The molecule has 3 aliphatic heterocycles. The van der Waals surface area contributed by atoms with Crippen LogP contribution in [0.25, 0.3) is 0 Å². The minimum absolute atomic E-state index is 0.0733. The Morgan fingerprint density at radius 2 is 1.82 bits per heavy atom. The summed E-state index contributed by atoms with van der Waals surface area (Å²) >= 11 is 0. The van der Waals surface area contributed by atoms with Crippen LogP contribution in [0.3, 0.4) is 0 Å². The number of carbonyl (C=O) groups is 3. The fraction of sp³-hybridized carbons (Fsp3) is 0.654. The zero-order valence-corrected chi connectivity index (χ0v) is 20.4. The van der Waals surface area contributed by atoms with Crippen molar-refractivity contribution in [3.63, 3.8) is 0 Å². The normalized spacial score (nSPS) is 31.7. The smallest absolute Gasteiger partial charge is 0.246 e. The lowest BCUT2D eigenvalue weighted by Crippen LogP contribution is -2.56. The number of aliphatic hydroxyl groups excluding tert-OH is 1. The van der Waals surface area contributed by atoms with Crippen molar-refractivity contribution in [2.24, 2.45) is 11.8 Å². The van der Waals surface area contributed by atoms with Crippen LogP contribution in [-0.2, 0) is 19.1 Å². The summed E-state index contributed by atoms with van der Waals surface area (Å²) in [5, 5.41) is 15.0. The Labute approximate surface area is 201 Å². The van der Waals surface area contributed by atoms with Gasteiger partial charge in [-0.05, 0) is 58.6 Å². The molecular weight excluding hydrogens is 434 g/mol. The van der Waals surface area contributed by atoms with E-state index >= 15 is 0 Å². The Hall–Kier alpha value is -2.45. The van der Waals surface area contributed by atoms with Gasteiger partial charge in [0, 0.05) is 24.9 Å². The third-order valence-electron chi connectivity index (χ3n) is 7.59. The number of nitrogens with one attached hydrogen (secondary N) is 2. The molecule has 0 saturated carbocycles. The van der Waals surface area contributed by atoms with E-state index in [2.05, 4.69) is 10.6 Å². The standard InChI is InChI=1S/C26H37N3O5/c1-17(2)27-23(32)21-26-14-13-25(3,34-26)19(22(31)28-18-11-7-6-8-12-18)20(26)24(33)29(21)15-9-4-5-10-16-30/h6-8,11-12,17,19-21,30H,4-5,9-10,13-16H2,1-3H3,(H,27,32)(H,28,31)/t19-,20+,21?,25+,26?/m1/s1. The van der Waals surface area contributed by atoms with E-state index in [0.29, 0.717) is 25.1 Å². The van der Waals surface area contributed by atoms with E-state index in [9.17, 15) is 14.4 Å². The van der Waals surface area contributed by atoms with Crippen LogP contribution in [0.1, 0.15) is 59.3 Å². The van der Waals surface area contributed by atoms with Crippen LogP contribution in [-0.4, -0.2) is 64.2 Å². The number of para-hydroxylation sites is 1. The van der Waals surface area contributed by atoms with Crippen molar-refractivity contribution in [1.82, 2.24) is 10.2 Å². The number of nitrogens with zero attached hydrogens (tertiary/aromatic N) is 1. The second kappa shape index (κ2) is 9.66. The second-order valence-corrected chi connectivity index (χ2v) is 10.4. The molecule has 3 aliphatic rings. The molecule has 186 valence electrons. The maximum atomic E-state index is 13.8. The van der Waals surface area contributed by atoms with Crippen molar-refractivity contribution in [1.29, 1.82) is 0 Å². The van der Waals surface area contributed by atoms with Crippen LogP contribution in [0.2, 0.25) is 0 Å². The van der Waals surface area contributed by atoms with Crippen molar-refractivity contribution < 1.29 is 24.2 Å². The zero-order chi connectivity index (χ0) is 24.5. The molecule has 3 heterocycles. The van der Waals surface area contributed by atoms with Crippen molar-refractivity contribution in [3.05, 3.63) is 30.3 Å². The summed E-state index contributed by atoms with van der Waals surface area (Å²) in [6.07, 6.45) is 4.38. The van der Waals surface area contributed by atoms with E-state index < -0.39 is 29.1 Å². The largest absolute Gasteiger partial charge is 0.396 e. The topological polar surface area (TPSA) is 108 Å². The van der Waals surface area contributed by atoms with Crippen LogP contribution in [0.5, 0.6) is 0 Å². The molecule has 34 heavy (non-hydrogen) atoms. The van der Waals surface area contributed by atoms with Crippen LogP contribution in [0.15, 0.2) is 30.3 Å². The number of likely N-dealkylation sites (tertiary alicyclic amines) is 1. The summed E-state index contributed by atoms with van der Waals surface area (Å²) in [5.41, 5.74) is -1.11. The van der Waals surface area contributed by atoms with Crippen LogP contribution in [0.4, 0.5) is 5.69 Å². The van der Waals surface area contributed by atoms with E-state index in [4.69, 9.17) is 9.84 Å². The highest BCUT2D eigenvalue weighted by Gasteiger charge is 2.77. The number of benzene rings is 1. The first-order chi connectivity index (χ1) is 16.2. The van der Waals surface area contributed by atoms with E-state index in [0.717, 1.165) is 25.7 Å². The van der Waals surface area contributed by atoms with Crippen LogP contribution < -0.4 is 10.6 Å². The maximum absolute atomic E-state index is 13.8. The number of amides is 3. The van der Waals surface area contributed by atoms with Crippen LogP contribution >= 0.6 is 0 Å². The predicted octanol–water partition coefficient (Wildman–Crippen LogP) is 2.47. The molecule has 1 spiro atoms. The molecule has 0 aromatic heterocycles. The van der Waals surface area contributed by atoms with Gasteiger partial charge in [-0.1, -0.05) is 31.0 Å². The second-order valence-electron chi connectivity index (χ2n) is 10.4. The number of hydrogen-bond donors (Lipinski definition) is 3. The van der Waals surface area contributed by atoms with Gasteiger partial charge in [-0.3, -0.25) is 14.4 Å². The van der Waals surface area contributed by atoms with Gasteiger partial charge >= 0.3 is 0 Å². The average molecular weight is 472 g/mol. The van der Waals surface area contributed by atoms with Gasteiger partial charge < -0.3 is 25.4 Å². The first-order valence-corrected chi connectivity index (χ1v) is 12.5. The molecule has 8 nitrogen and oxygen atoms in total. The molecule has 0 aliphatic carbocycles. The molecule has 8 heteroatoms. The number of hydrogen-bond acceptors (Lipinski definition) is 5. The Bertz CT molecular complexity index is 922. The number of unbranched alkanes of at least 4 members (excludes halogenated alkanes) is 3. The Kier molecular flexibility index (Phi) is 7.01. The van der Waals surface area contributed by atoms with Gasteiger partial charge in [0.25, 0.3) is 0 Å². The number of anilines is 1. The minimum atomic E-state index is -0.991. The molecule has 0 radical (unpaired) electrons. The van der Waals surface area contributed by atoms with E-state index in [1.165, 1.54) is 0 Å². The fourth-order valence-corrected chi connectivity index (χ4v) is 6.22. The van der Waals surface area contributed by atoms with E-state index in [-0.39, 0.29) is 30.4 Å². The lowest BCUT2D eigenvalue weighted by Gasteiger charge is -2.34. The van der Waals surface area contributed by atoms with Gasteiger partial charge in [0.1, 0.15) is 11.6 Å². The Morgan fingerprint density at radius 1 is 1.12 bits per heavy atom. The SMILES string of the molecule is CC(C)NC(=O)C1N(CCCCCCO)C(=O)[C@@H]2[C@H](C(=O)Nc3ccccc3)[C@]3(C)CCC12O3. The van der Waals surface area contributed by atoms with Gasteiger partial charge in [-0.15, -0.1) is 0 Å². The monoisotopic (exact) mass is 471 g/mol. The highest BCUT2D eigenvalue weighted by atomic mass is 16.5. The highest BCUT2D eigenvalue weighted by Crippen LogP contribution is 2.63. The van der Waals surface area contributed by atoms with Gasteiger partial charge in [0.05, 0.1) is 17.4 Å². The number of rotatable bonds is 10. The zero-order valence-electron chi connectivity index (χ0n) is 20.4.